The molecule has 90 valence electrons. The van der Waals surface area contributed by atoms with Gasteiger partial charge in [-0.05, 0) is 18.8 Å². The number of unbranched alkanes of at least 4 members (excludes halogenated alkanes) is 2. The molecule has 0 spiro atoms. The van der Waals surface area contributed by atoms with Gasteiger partial charge in [0.25, 0.3) is 0 Å². The van der Waals surface area contributed by atoms with Crippen molar-refractivity contribution in [3.05, 3.63) is 0 Å². The number of hydrogen-bond acceptors (Lipinski definition) is 1. The van der Waals surface area contributed by atoms with Crippen LogP contribution >= 0.6 is 0 Å². The highest BCUT2D eigenvalue weighted by atomic mass is 16.2. The van der Waals surface area contributed by atoms with Crippen LogP contribution in [0.1, 0.15) is 59.8 Å². The molecule has 0 aliphatic heterocycles. The highest BCUT2D eigenvalue weighted by molar-refractivity contribution is 5.76. The Morgan fingerprint density at radius 1 is 1.07 bits per heavy atom. The molecule has 1 amide bonds. The molecule has 0 unspecified atom stereocenters. The van der Waals surface area contributed by atoms with Gasteiger partial charge in [-0.1, -0.05) is 40.5 Å². The second-order valence-electron chi connectivity index (χ2n) is 4.69. The van der Waals surface area contributed by atoms with E-state index in [0.717, 1.165) is 38.8 Å². The number of carbonyl (C=O) groups excluding carboxylic acids is 1. The van der Waals surface area contributed by atoms with Gasteiger partial charge < -0.3 is 4.90 Å². The van der Waals surface area contributed by atoms with Crippen LogP contribution < -0.4 is 0 Å². The molecule has 0 aliphatic rings. The molecule has 0 atom stereocenters. The van der Waals surface area contributed by atoms with Crippen molar-refractivity contribution in [2.24, 2.45) is 5.92 Å². The van der Waals surface area contributed by atoms with Gasteiger partial charge in [-0.15, -0.1) is 0 Å². The predicted molar refractivity (Wildman–Crippen MR) is 65.9 cm³/mol. The van der Waals surface area contributed by atoms with Crippen molar-refractivity contribution >= 4 is 5.91 Å². The summed E-state index contributed by atoms with van der Waals surface area (Å²) in [6.45, 7) is 10.4. The van der Waals surface area contributed by atoms with Crippen molar-refractivity contribution in [3.8, 4) is 0 Å². The fourth-order valence-corrected chi connectivity index (χ4v) is 1.54. The monoisotopic (exact) mass is 213 g/mol. The molecule has 0 aromatic carbocycles. The summed E-state index contributed by atoms with van der Waals surface area (Å²) in [7, 11) is 0. The van der Waals surface area contributed by atoms with Gasteiger partial charge in [-0.3, -0.25) is 4.79 Å². The van der Waals surface area contributed by atoms with E-state index in [1.807, 2.05) is 4.90 Å². The molecule has 0 bridgehead atoms. The Hall–Kier alpha value is -0.530. The van der Waals surface area contributed by atoms with E-state index >= 15 is 0 Å². The summed E-state index contributed by atoms with van der Waals surface area (Å²) in [5, 5.41) is 0. The molecule has 2 heteroatoms. The lowest BCUT2D eigenvalue weighted by Gasteiger charge is -2.23. The SMILES string of the molecule is CCCCN(CCCC)C(=O)CC(C)C. The summed E-state index contributed by atoms with van der Waals surface area (Å²) >= 11 is 0. The minimum absolute atomic E-state index is 0.340. The highest BCUT2D eigenvalue weighted by Gasteiger charge is 2.13. The first kappa shape index (κ1) is 14.5. The second-order valence-corrected chi connectivity index (χ2v) is 4.69. The number of amides is 1. The predicted octanol–water partition coefficient (Wildman–Crippen LogP) is 3.46. The topological polar surface area (TPSA) is 20.3 Å². The van der Waals surface area contributed by atoms with E-state index in [0.29, 0.717) is 18.2 Å². The molecular formula is C13H27NO. The van der Waals surface area contributed by atoms with Crippen molar-refractivity contribution in [2.45, 2.75) is 59.8 Å². The van der Waals surface area contributed by atoms with Gasteiger partial charge in [0.1, 0.15) is 0 Å². The van der Waals surface area contributed by atoms with Gasteiger partial charge in [0, 0.05) is 19.5 Å². The molecule has 0 fully saturated rings. The maximum Gasteiger partial charge on any atom is 0.222 e. The lowest BCUT2D eigenvalue weighted by Crippen LogP contribution is -2.33. The van der Waals surface area contributed by atoms with Crippen molar-refractivity contribution in [1.29, 1.82) is 0 Å². The van der Waals surface area contributed by atoms with E-state index in [9.17, 15) is 4.79 Å². The minimum Gasteiger partial charge on any atom is -0.343 e. The first-order valence-corrected chi connectivity index (χ1v) is 6.39. The van der Waals surface area contributed by atoms with Crippen molar-refractivity contribution in [2.75, 3.05) is 13.1 Å². The molecule has 0 saturated heterocycles. The smallest absolute Gasteiger partial charge is 0.222 e. The average molecular weight is 213 g/mol. The first-order chi connectivity index (χ1) is 7.11. The van der Waals surface area contributed by atoms with E-state index in [4.69, 9.17) is 0 Å². The Morgan fingerprint density at radius 3 is 1.87 bits per heavy atom. The third-order valence-corrected chi connectivity index (χ3v) is 2.50. The van der Waals surface area contributed by atoms with Crippen molar-refractivity contribution in [3.63, 3.8) is 0 Å². The Morgan fingerprint density at radius 2 is 1.53 bits per heavy atom. The summed E-state index contributed by atoms with van der Waals surface area (Å²) < 4.78 is 0. The molecule has 0 aromatic heterocycles. The van der Waals surface area contributed by atoms with Crippen LogP contribution in [0.4, 0.5) is 0 Å². The number of hydrogen-bond donors (Lipinski definition) is 0. The van der Waals surface area contributed by atoms with E-state index in [-0.39, 0.29) is 0 Å². The molecule has 0 aliphatic carbocycles. The van der Waals surface area contributed by atoms with Crippen LogP contribution in [0.2, 0.25) is 0 Å². The fraction of sp³-hybridized carbons (Fsp3) is 0.923. The van der Waals surface area contributed by atoms with Gasteiger partial charge in [0.2, 0.25) is 5.91 Å². The van der Waals surface area contributed by atoms with E-state index in [2.05, 4.69) is 27.7 Å². The molecular weight excluding hydrogens is 186 g/mol. The normalized spacial score (nSPS) is 10.7. The summed E-state index contributed by atoms with van der Waals surface area (Å²) in [5.74, 6) is 0.815. The number of nitrogens with zero attached hydrogens (tertiary/aromatic N) is 1. The number of rotatable bonds is 8. The highest BCUT2D eigenvalue weighted by Crippen LogP contribution is 2.07. The van der Waals surface area contributed by atoms with Crippen LogP contribution in [-0.2, 0) is 4.79 Å². The third kappa shape index (κ3) is 7.40. The second kappa shape index (κ2) is 8.75. The maximum atomic E-state index is 11.9. The Kier molecular flexibility index (Phi) is 8.44. The Bertz CT molecular complexity index is 158. The zero-order chi connectivity index (χ0) is 11.7. The van der Waals surface area contributed by atoms with Crippen LogP contribution in [0.15, 0.2) is 0 Å². The van der Waals surface area contributed by atoms with Crippen molar-refractivity contribution < 1.29 is 4.79 Å². The zero-order valence-electron chi connectivity index (χ0n) is 10.9. The quantitative estimate of drug-likeness (QED) is 0.604. The largest absolute Gasteiger partial charge is 0.343 e. The zero-order valence-corrected chi connectivity index (χ0v) is 10.9. The molecule has 2 nitrogen and oxygen atoms in total. The van der Waals surface area contributed by atoms with Gasteiger partial charge in [0.15, 0.2) is 0 Å². The minimum atomic E-state index is 0.340. The van der Waals surface area contributed by atoms with Crippen molar-refractivity contribution in [1.82, 2.24) is 4.90 Å². The van der Waals surface area contributed by atoms with Crippen LogP contribution in [0.25, 0.3) is 0 Å². The molecule has 0 radical (unpaired) electrons. The number of carbonyl (C=O) groups is 1. The van der Waals surface area contributed by atoms with Gasteiger partial charge in [0.05, 0.1) is 0 Å². The molecule has 0 N–H and O–H groups in total. The molecule has 0 heterocycles. The summed E-state index contributed by atoms with van der Waals surface area (Å²) in [6, 6.07) is 0. The molecule has 0 aromatic rings. The third-order valence-electron chi connectivity index (χ3n) is 2.50. The first-order valence-electron chi connectivity index (χ1n) is 6.39. The van der Waals surface area contributed by atoms with Crippen LogP contribution in [-0.4, -0.2) is 23.9 Å². The summed E-state index contributed by atoms with van der Waals surface area (Å²) in [6.07, 6.45) is 5.30. The van der Waals surface area contributed by atoms with E-state index in [1.54, 1.807) is 0 Å². The van der Waals surface area contributed by atoms with Gasteiger partial charge >= 0.3 is 0 Å². The summed E-state index contributed by atoms with van der Waals surface area (Å²) in [5.41, 5.74) is 0. The fourth-order valence-electron chi connectivity index (χ4n) is 1.54. The van der Waals surface area contributed by atoms with Crippen LogP contribution in [0.3, 0.4) is 0 Å². The van der Waals surface area contributed by atoms with Gasteiger partial charge in [-0.2, -0.15) is 0 Å². The standard InChI is InChI=1S/C13H27NO/c1-5-7-9-14(10-8-6-2)13(15)11-12(3)4/h12H,5-11H2,1-4H3. The van der Waals surface area contributed by atoms with Crippen LogP contribution in [0, 0.1) is 5.92 Å². The Labute approximate surface area is 95.0 Å². The Balaban J connectivity index is 4.01. The summed E-state index contributed by atoms with van der Waals surface area (Å²) in [4.78, 5) is 13.9. The van der Waals surface area contributed by atoms with E-state index < -0.39 is 0 Å². The van der Waals surface area contributed by atoms with Gasteiger partial charge in [-0.25, -0.2) is 0 Å². The molecule has 15 heavy (non-hydrogen) atoms. The molecule has 0 saturated carbocycles. The lowest BCUT2D eigenvalue weighted by molar-refractivity contribution is -0.132. The molecule has 0 rings (SSSR count). The van der Waals surface area contributed by atoms with E-state index in [1.165, 1.54) is 0 Å². The van der Waals surface area contributed by atoms with Crippen LogP contribution in [0.5, 0.6) is 0 Å². The average Bonchev–Trinajstić information content (AvgIpc) is 2.17. The lowest BCUT2D eigenvalue weighted by atomic mass is 10.1. The maximum absolute atomic E-state index is 11.9.